The average Bonchev–Trinajstić information content (AvgIpc) is 2.88. The smallest absolute Gasteiger partial charge is 0.189 e. The van der Waals surface area contributed by atoms with E-state index >= 15 is 0 Å². The van der Waals surface area contributed by atoms with Crippen LogP contribution in [0.5, 0.6) is 5.75 Å². The predicted molar refractivity (Wildman–Crippen MR) is 83.6 cm³/mol. The summed E-state index contributed by atoms with van der Waals surface area (Å²) in [7, 11) is 0. The van der Waals surface area contributed by atoms with Crippen LogP contribution >= 0.6 is 0 Å². The molecular formula is C17H20N2O2. The molecule has 1 aromatic carbocycles. The second kappa shape index (κ2) is 6.88. The zero-order valence-electron chi connectivity index (χ0n) is 12.7. The molecule has 0 unspecified atom stereocenters. The lowest BCUT2D eigenvalue weighted by Crippen LogP contribution is -1.95. The zero-order valence-corrected chi connectivity index (χ0v) is 12.7. The van der Waals surface area contributed by atoms with Crippen LogP contribution in [0.4, 0.5) is 0 Å². The van der Waals surface area contributed by atoms with E-state index in [2.05, 4.69) is 5.10 Å². The lowest BCUT2D eigenvalue weighted by molar-refractivity contribution is 0.104. The first-order chi connectivity index (χ1) is 10.1. The lowest BCUT2D eigenvalue weighted by atomic mass is 10.1. The number of aryl methyl sites for hydroxylation is 2. The molecule has 110 valence electrons. The van der Waals surface area contributed by atoms with Gasteiger partial charge in [0.2, 0.25) is 0 Å². The number of ether oxygens (including phenoxy) is 1. The Balaban J connectivity index is 2.09. The van der Waals surface area contributed by atoms with E-state index in [-0.39, 0.29) is 5.78 Å². The third-order valence-corrected chi connectivity index (χ3v) is 3.15. The van der Waals surface area contributed by atoms with E-state index in [1.165, 1.54) is 0 Å². The standard InChI is InChI=1S/C17H20N2O2/c1-4-19-12-16(13(3)18-19)17(20)11-8-14-6-9-15(10-7-14)21-5-2/h6-12H,4-5H2,1-3H3. The van der Waals surface area contributed by atoms with Gasteiger partial charge in [-0.05, 0) is 44.5 Å². The molecule has 0 fully saturated rings. The first-order valence-corrected chi connectivity index (χ1v) is 7.13. The summed E-state index contributed by atoms with van der Waals surface area (Å²) in [5.74, 6) is 0.808. The Kier molecular flexibility index (Phi) is 4.93. The maximum absolute atomic E-state index is 12.2. The summed E-state index contributed by atoms with van der Waals surface area (Å²) < 4.78 is 7.16. The largest absolute Gasteiger partial charge is 0.494 e. The minimum Gasteiger partial charge on any atom is -0.494 e. The molecule has 0 bridgehead atoms. The van der Waals surface area contributed by atoms with Gasteiger partial charge in [-0.1, -0.05) is 18.2 Å². The van der Waals surface area contributed by atoms with E-state index in [0.29, 0.717) is 12.2 Å². The molecule has 0 aliphatic heterocycles. The molecule has 1 heterocycles. The number of hydrogen-bond donors (Lipinski definition) is 0. The molecule has 0 N–H and O–H groups in total. The Morgan fingerprint density at radius 1 is 1.29 bits per heavy atom. The molecule has 0 atom stereocenters. The molecule has 0 amide bonds. The number of hydrogen-bond acceptors (Lipinski definition) is 3. The van der Waals surface area contributed by atoms with Crippen LogP contribution < -0.4 is 4.74 Å². The topological polar surface area (TPSA) is 44.1 Å². The van der Waals surface area contributed by atoms with E-state index < -0.39 is 0 Å². The predicted octanol–water partition coefficient (Wildman–Crippen LogP) is 3.51. The highest BCUT2D eigenvalue weighted by atomic mass is 16.5. The highest BCUT2D eigenvalue weighted by Gasteiger charge is 2.09. The van der Waals surface area contributed by atoms with Crippen molar-refractivity contribution in [2.24, 2.45) is 0 Å². The van der Waals surface area contributed by atoms with Gasteiger partial charge in [-0.25, -0.2) is 0 Å². The number of ketones is 1. The van der Waals surface area contributed by atoms with E-state index in [4.69, 9.17) is 4.74 Å². The van der Waals surface area contributed by atoms with Crippen LogP contribution in [-0.4, -0.2) is 22.2 Å². The molecule has 0 aliphatic carbocycles. The van der Waals surface area contributed by atoms with Gasteiger partial charge in [0.15, 0.2) is 5.78 Å². The monoisotopic (exact) mass is 284 g/mol. The Hall–Kier alpha value is -2.36. The van der Waals surface area contributed by atoms with Gasteiger partial charge in [0.1, 0.15) is 5.75 Å². The quantitative estimate of drug-likeness (QED) is 0.602. The molecule has 1 aromatic heterocycles. The van der Waals surface area contributed by atoms with Crippen molar-refractivity contribution in [2.45, 2.75) is 27.3 Å². The Morgan fingerprint density at radius 2 is 2.00 bits per heavy atom. The first-order valence-electron chi connectivity index (χ1n) is 7.13. The number of nitrogens with zero attached hydrogens (tertiary/aromatic N) is 2. The van der Waals surface area contributed by atoms with Gasteiger partial charge in [0, 0.05) is 12.7 Å². The molecule has 0 saturated carbocycles. The maximum Gasteiger partial charge on any atom is 0.189 e. The van der Waals surface area contributed by atoms with Gasteiger partial charge in [-0.3, -0.25) is 9.48 Å². The van der Waals surface area contributed by atoms with Crippen molar-refractivity contribution in [1.82, 2.24) is 9.78 Å². The first kappa shape index (κ1) is 15.0. The Morgan fingerprint density at radius 3 is 2.57 bits per heavy atom. The van der Waals surface area contributed by atoms with Crippen molar-refractivity contribution in [3.8, 4) is 5.75 Å². The van der Waals surface area contributed by atoms with Crippen LogP contribution in [-0.2, 0) is 6.54 Å². The van der Waals surface area contributed by atoms with E-state index in [0.717, 1.165) is 23.6 Å². The summed E-state index contributed by atoms with van der Waals surface area (Å²) in [6, 6.07) is 7.65. The second-order valence-corrected chi connectivity index (χ2v) is 4.68. The maximum atomic E-state index is 12.2. The van der Waals surface area contributed by atoms with Gasteiger partial charge in [0.25, 0.3) is 0 Å². The van der Waals surface area contributed by atoms with Crippen molar-refractivity contribution < 1.29 is 9.53 Å². The average molecular weight is 284 g/mol. The third kappa shape index (κ3) is 3.81. The number of rotatable bonds is 6. The van der Waals surface area contributed by atoms with E-state index in [1.807, 2.05) is 45.0 Å². The van der Waals surface area contributed by atoms with Crippen LogP contribution in [0.15, 0.2) is 36.5 Å². The fourth-order valence-corrected chi connectivity index (χ4v) is 2.03. The number of aromatic nitrogens is 2. The van der Waals surface area contributed by atoms with Gasteiger partial charge in [-0.2, -0.15) is 5.10 Å². The molecule has 4 heteroatoms. The fourth-order valence-electron chi connectivity index (χ4n) is 2.03. The normalized spacial score (nSPS) is 11.0. The SMILES string of the molecule is CCOc1ccc(C=CC(=O)c2cn(CC)nc2C)cc1. The summed E-state index contributed by atoms with van der Waals surface area (Å²) >= 11 is 0. The van der Waals surface area contributed by atoms with Crippen LogP contribution in [0, 0.1) is 6.92 Å². The zero-order chi connectivity index (χ0) is 15.2. The minimum atomic E-state index is -0.0268. The fraction of sp³-hybridized carbons (Fsp3) is 0.294. The number of benzene rings is 1. The highest BCUT2D eigenvalue weighted by molar-refractivity contribution is 6.07. The van der Waals surface area contributed by atoms with Gasteiger partial charge >= 0.3 is 0 Å². The van der Waals surface area contributed by atoms with Crippen molar-refractivity contribution >= 4 is 11.9 Å². The van der Waals surface area contributed by atoms with Crippen LogP contribution in [0.2, 0.25) is 0 Å². The summed E-state index contributed by atoms with van der Waals surface area (Å²) in [4.78, 5) is 12.2. The Labute approximate surface area is 125 Å². The lowest BCUT2D eigenvalue weighted by Gasteiger charge is -2.02. The summed E-state index contributed by atoms with van der Waals surface area (Å²) in [5, 5.41) is 4.28. The van der Waals surface area contributed by atoms with Gasteiger partial charge in [-0.15, -0.1) is 0 Å². The molecule has 0 aliphatic rings. The molecule has 4 nitrogen and oxygen atoms in total. The molecule has 0 spiro atoms. The van der Waals surface area contributed by atoms with Gasteiger partial charge < -0.3 is 4.74 Å². The summed E-state index contributed by atoms with van der Waals surface area (Å²) in [6.07, 6.45) is 5.18. The summed E-state index contributed by atoms with van der Waals surface area (Å²) in [5.41, 5.74) is 2.38. The Bertz CT molecular complexity index is 639. The van der Waals surface area contributed by atoms with E-state index in [9.17, 15) is 4.79 Å². The van der Waals surface area contributed by atoms with Crippen molar-refractivity contribution in [3.05, 3.63) is 53.4 Å². The van der Waals surface area contributed by atoms with E-state index in [1.54, 1.807) is 23.0 Å². The van der Waals surface area contributed by atoms with Crippen LogP contribution in [0.3, 0.4) is 0 Å². The van der Waals surface area contributed by atoms with Gasteiger partial charge in [0.05, 0.1) is 17.9 Å². The van der Waals surface area contributed by atoms with Crippen LogP contribution in [0.1, 0.15) is 35.5 Å². The third-order valence-electron chi connectivity index (χ3n) is 3.15. The number of allylic oxidation sites excluding steroid dienone is 1. The molecule has 21 heavy (non-hydrogen) atoms. The molecule has 2 rings (SSSR count). The van der Waals surface area contributed by atoms with Crippen molar-refractivity contribution in [3.63, 3.8) is 0 Å². The molecule has 0 radical (unpaired) electrons. The highest BCUT2D eigenvalue weighted by Crippen LogP contribution is 2.14. The molecule has 2 aromatic rings. The second-order valence-electron chi connectivity index (χ2n) is 4.68. The minimum absolute atomic E-state index is 0.0268. The number of carbonyl (C=O) groups excluding carboxylic acids is 1. The summed E-state index contributed by atoms with van der Waals surface area (Å²) in [6.45, 7) is 7.21. The van der Waals surface area contributed by atoms with Crippen molar-refractivity contribution in [1.29, 1.82) is 0 Å². The number of carbonyl (C=O) groups is 1. The molecular weight excluding hydrogens is 264 g/mol. The molecule has 0 saturated heterocycles. The van der Waals surface area contributed by atoms with Crippen molar-refractivity contribution in [2.75, 3.05) is 6.61 Å². The van der Waals surface area contributed by atoms with Crippen LogP contribution in [0.25, 0.3) is 6.08 Å².